The Kier molecular flexibility index (Phi) is 1.96. The summed E-state index contributed by atoms with van der Waals surface area (Å²) in [7, 11) is 0. The second-order valence-electron chi connectivity index (χ2n) is 4.78. The Morgan fingerprint density at radius 1 is 1.50 bits per heavy atom. The summed E-state index contributed by atoms with van der Waals surface area (Å²) in [6.45, 7) is 3.57. The van der Waals surface area contributed by atoms with Crippen LogP contribution in [0.1, 0.15) is 36.6 Å². The molecule has 2 heterocycles. The van der Waals surface area contributed by atoms with Gasteiger partial charge in [0.2, 0.25) is 0 Å². The molecule has 0 saturated heterocycles. The second kappa shape index (κ2) is 3.07. The fourth-order valence-corrected chi connectivity index (χ4v) is 4.01. The van der Waals surface area contributed by atoms with Crippen LogP contribution in [0.15, 0.2) is 11.4 Å². The number of nitrogens with one attached hydrogen (secondary N) is 1. The van der Waals surface area contributed by atoms with Crippen molar-refractivity contribution >= 4 is 11.3 Å². The van der Waals surface area contributed by atoms with Crippen LogP contribution in [0.5, 0.6) is 0 Å². The lowest BCUT2D eigenvalue weighted by molar-refractivity contribution is 0.139. The topological polar surface area (TPSA) is 12.0 Å². The molecule has 1 N–H and O–H groups in total. The third-order valence-corrected chi connectivity index (χ3v) is 5.22. The van der Waals surface area contributed by atoms with Crippen molar-refractivity contribution in [3.63, 3.8) is 0 Å². The standard InChI is InChI=1S/C12H17NS/c1-12(10-3-2-4-10)11-9(5-7-13-12)6-8-14-11/h6,8,10,13H,2-5,7H2,1H3. The first-order valence-electron chi connectivity index (χ1n) is 5.62. The van der Waals surface area contributed by atoms with Crippen LogP contribution in [0.25, 0.3) is 0 Å². The van der Waals surface area contributed by atoms with Gasteiger partial charge in [-0.1, -0.05) is 6.42 Å². The molecule has 3 rings (SSSR count). The predicted molar refractivity (Wildman–Crippen MR) is 60.7 cm³/mol. The number of rotatable bonds is 1. The minimum absolute atomic E-state index is 0.306. The second-order valence-corrected chi connectivity index (χ2v) is 5.70. The molecule has 0 aromatic carbocycles. The first-order valence-corrected chi connectivity index (χ1v) is 6.50. The summed E-state index contributed by atoms with van der Waals surface area (Å²) in [5, 5.41) is 6.01. The molecule has 0 spiro atoms. The van der Waals surface area contributed by atoms with Gasteiger partial charge in [-0.3, -0.25) is 0 Å². The number of hydrogen-bond acceptors (Lipinski definition) is 2. The monoisotopic (exact) mass is 207 g/mol. The van der Waals surface area contributed by atoms with E-state index in [0.29, 0.717) is 5.54 Å². The Hall–Kier alpha value is -0.340. The third-order valence-electron chi connectivity index (χ3n) is 4.03. The minimum Gasteiger partial charge on any atom is -0.306 e. The Bertz CT molecular complexity index is 340. The maximum absolute atomic E-state index is 3.75. The molecular weight excluding hydrogens is 190 g/mol. The van der Waals surface area contributed by atoms with Gasteiger partial charge in [0.05, 0.1) is 5.54 Å². The molecular formula is C12H17NS. The summed E-state index contributed by atoms with van der Waals surface area (Å²) >= 11 is 1.95. The molecule has 0 amide bonds. The highest BCUT2D eigenvalue weighted by molar-refractivity contribution is 7.10. The van der Waals surface area contributed by atoms with Gasteiger partial charge in [-0.25, -0.2) is 0 Å². The van der Waals surface area contributed by atoms with Crippen LogP contribution >= 0.6 is 11.3 Å². The van der Waals surface area contributed by atoms with E-state index in [4.69, 9.17) is 0 Å². The smallest absolute Gasteiger partial charge is 0.0531 e. The van der Waals surface area contributed by atoms with Gasteiger partial charge in [0.25, 0.3) is 0 Å². The molecule has 1 saturated carbocycles. The highest BCUT2D eigenvalue weighted by Gasteiger charge is 2.42. The average Bonchev–Trinajstić information content (AvgIpc) is 2.49. The summed E-state index contributed by atoms with van der Waals surface area (Å²) in [6, 6.07) is 2.32. The molecule has 0 bridgehead atoms. The number of fused-ring (bicyclic) bond motifs is 1. The lowest BCUT2D eigenvalue weighted by Crippen LogP contribution is -2.51. The van der Waals surface area contributed by atoms with E-state index in [1.807, 2.05) is 11.3 Å². The SMILES string of the molecule is CC1(C2CCC2)NCCc2ccsc21. The summed E-state index contributed by atoms with van der Waals surface area (Å²) in [6.07, 6.45) is 5.49. The Morgan fingerprint density at radius 3 is 3.07 bits per heavy atom. The molecule has 1 atom stereocenters. The van der Waals surface area contributed by atoms with Crippen molar-refractivity contribution in [3.05, 3.63) is 21.9 Å². The van der Waals surface area contributed by atoms with E-state index >= 15 is 0 Å². The zero-order valence-electron chi connectivity index (χ0n) is 8.68. The molecule has 1 fully saturated rings. The average molecular weight is 207 g/mol. The largest absolute Gasteiger partial charge is 0.306 e. The molecule has 1 nitrogen and oxygen atoms in total. The molecule has 1 aliphatic heterocycles. The van der Waals surface area contributed by atoms with Gasteiger partial charge in [0.1, 0.15) is 0 Å². The molecule has 14 heavy (non-hydrogen) atoms. The maximum Gasteiger partial charge on any atom is 0.0531 e. The molecule has 1 aromatic heterocycles. The van der Waals surface area contributed by atoms with Crippen molar-refractivity contribution in [1.82, 2.24) is 5.32 Å². The quantitative estimate of drug-likeness (QED) is 0.746. The first kappa shape index (κ1) is 8.93. The van der Waals surface area contributed by atoms with E-state index in [0.717, 1.165) is 12.5 Å². The van der Waals surface area contributed by atoms with Crippen LogP contribution in [-0.4, -0.2) is 6.54 Å². The van der Waals surface area contributed by atoms with Crippen molar-refractivity contribution in [2.24, 2.45) is 5.92 Å². The summed E-state index contributed by atoms with van der Waals surface area (Å²) < 4.78 is 0. The van der Waals surface area contributed by atoms with E-state index < -0.39 is 0 Å². The van der Waals surface area contributed by atoms with E-state index in [2.05, 4.69) is 23.7 Å². The maximum atomic E-state index is 3.75. The van der Waals surface area contributed by atoms with Gasteiger partial charge in [-0.2, -0.15) is 0 Å². The van der Waals surface area contributed by atoms with Crippen LogP contribution in [0.3, 0.4) is 0 Å². The van der Waals surface area contributed by atoms with Crippen molar-refractivity contribution in [3.8, 4) is 0 Å². The molecule has 1 aliphatic carbocycles. The predicted octanol–water partition coefficient (Wildman–Crippen LogP) is 2.91. The highest BCUT2D eigenvalue weighted by Crippen LogP contribution is 2.46. The summed E-state index contributed by atoms with van der Waals surface area (Å²) in [5.41, 5.74) is 1.91. The zero-order chi connectivity index (χ0) is 9.60. The van der Waals surface area contributed by atoms with Crippen molar-refractivity contribution in [2.45, 2.75) is 38.1 Å². The highest BCUT2D eigenvalue weighted by atomic mass is 32.1. The lowest BCUT2D eigenvalue weighted by Gasteiger charge is -2.46. The van der Waals surface area contributed by atoms with E-state index in [9.17, 15) is 0 Å². The lowest BCUT2D eigenvalue weighted by atomic mass is 9.69. The number of thiophene rings is 1. The molecule has 76 valence electrons. The van der Waals surface area contributed by atoms with Crippen molar-refractivity contribution < 1.29 is 0 Å². The fourth-order valence-electron chi connectivity index (χ4n) is 2.84. The zero-order valence-corrected chi connectivity index (χ0v) is 9.49. The molecule has 2 heteroatoms. The molecule has 1 aromatic rings. The van der Waals surface area contributed by atoms with Crippen LogP contribution in [0, 0.1) is 5.92 Å². The van der Waals surface area contributed by atoms with Crippen LogP contribution < -0.4 is 5.32 Å². The number of hydrogen-bond donors (Lipinski definition) is 1. The minimum atomic E-state index is 0.306. The Labute approximate surface area is 89.5 Å². The Morgan fingerprint density at radius 2 is 2.36 bits per heavy atom. The van der Waals surface area contributed by atoms with E-state index in [1.54, 1.807) is 10.4 Å². The van der Waals surface area contributed by atoms with Gasteiger partial charge in [-0.05, 0) is 49.1 Å². The van der Waals surface area contributed by atoms with Crippen molar-refractivity contribution in [2.75, 3.05) is 6.54 Å². The van der Waals surface area contributed by atoms with Crippen LogP contribution in [0.2, 0.25) is 0 Å². The first-order chi connectivity index (χ1) is 6.81. The van der Waals surface area contributed by atoms with Gasteiger partial charge < -0.3 is 5.32 Å². The van der Waals surface area contributed by atoms with E-state index in [-0.39, 0.29) is 0 Å². The third kappa shape index (κ3) is 1.10. The Balaban J connectivity index is 2.01. The van der Waals surface area contributed by atoms with Gasteiger partial charge in [0, 0.05) is 11.4 Å². The molecule has 0 radical (unpaired) electrons. The molecule has 1 unspecified atom stereocenters. The normalized spacial score (nSPS) is 32.4. The van der Waals surface area contributed by atoms with Gasteiger partial charge in [0.15, 0.2) is 0 Å². The van der Waals surface area contributed by atoms with Crippen molar-refractivity contribution in [1.29, 1.82) is 0 Å². The summed E-state index contributed by atoms with van der Waals surface area (Å²) in [5.74, 6) is 0.889. The van der Waals surface area contributed by atoms with E-state index in [1.165, 1.54) is 25.7 Å². The summed E-state index contributed by atoms with van der Waals surface area (Å²) in [4.78, 5) is 1.62. The van der Waals surface area contributed by atoms with Gasteiger partial charge in [-0.15, -0.1) is 11.3 Å². The van der Waals surface area contributed by atoms with Crippen LogP contribution in [-0.2, 0) is 12.0 Å². The van der Waals surface area contributed by atoms with Crippen LogP contribution in [0.4, 0.5) is 0 Å². The van der Waals surface area contributed by atoms with Gasteiger partial charge >= 0.3 is 0 Å². The fraction of sp³-hybridized carbons (Fsp3) is 0.667. The molecule has 2 aliphatic rings.